The lowest BCUT2D eigenvalue weighted by atomic mass is 10.3. The van der Waals surface area contributed by atoms with Crippen molar-refractivity contribution in [1.29, 1.82) is 0 Å². The van der Waals surface area contributed by atoms with Gasteiger partial charge in [-0.2, -0.15) is 0 Å². The summed E-state index contributed by atoms with van der Waals surface area (Å²) in [6.45, 7) is 7.52. The Bertz CT molecular complexity index is 693. The highest BCUT2D eigenvalue weighted by atomic mass is 16.2. The van der Waals surface area contributed by atoms with Crippen LogP contribution >= 0.6 is 0 Å². The monoisotopic (exact) mass is 340 g/mol. The van der Waals surface area contributed by atoms with Crippen molar-refractivity contribution in [2.75, 3.05) is 37.6 Å². The molecule has 7 nitrogen and oxygen atoms in total. The molecule has 3 heterocycles. The van der Waals surface area contributed by atoms with Crippen LogP contribution in [0.25, 0.3) is 0 Å². The summed E-state index contributed by atoms with van der Waals surface area (Å²) in [7, 11) is 0. The Kier molecular flexibility index (Phi) is 5.42. The molecule has 7 heteroatoms. The summed E-state index contributed by atoms with van der Waals surface area (Å²) in [6.07, 6.45) is 4.27. The van der Waals surface area contributed by atoms with Gasteiger partial charge in [-0.05, 0) is 32.0 Å². The van der Waals surface area contributed by atoms with E-state index >= 15 is 0 Å². The largest absolute Gasteiger partial charge is 0.367 e. The van der Waals surface area contributed by atoms with E-state index in [1.165, 1.54) is 0 Å². The number of carbonyl (C=O) groups is 1. The highest BCUT2D eigenvalue weighted by molar-refractivity contribution is 5.74. The Morgan fingerprint density at radius 2 is 1.88 bits per heavy atom. The molecule has 2 aromatic heterocycles. The number of nitrogens with zero attached hydrogens (tertiary/aromatic N) is 5. The second kappa shape index (κ2) is 7.92. The molecule has 1 N–H and O–H groups in total. The van der Waals surface area contributed by atoms with Gasteiger partial charge in [-0.3, -0.25) is 4.98 Å². The van der Waals surface area contributed by atoms with Crippen LogP contribution in [-0.4, -0.2) is 58.6 Å². The smallest absolute Gasteiger partial charge is 0.317 e. The molecule has 25 heavy (non-hydrogen) atoms. The molecule has 0 atom stereocenters. The van der Waals surface area contributed by atoms with E-state index in [4.69, 9.17) is 0 Å². The molecule has 1 aliphatic heterocycles. The third kappa shape index (κ3) is 4.65. The number of rotatable bonds is 4. The van der Waals surface area contributed by atoms with Gasteiger partial charge in [0.1, 0.15) is 5.82 Å². The minimum atomic E-state index is -0.0183. The SMILES string of the molecule is Cc1cc(C)nc(CCNC(=O)N2CCN(c3cccnc3)CC2)n1. The highest BCUT2D eigenvalue weighted by Crippen LogP contribution is 2.14. The summed E-state index contributed by atoms with van der Waals surface area (Å²) in [5, 5.41) is 2.97. The summed E-state index contributed by atoms with van der Waals surface area (Å²) in [5.74, 6) is 0.777. The Hall–Kier alpha value is -2.70. The Balaban J connectivity index is 1.43. The van der Waals surface area contributed by atoms with Crippen LogP contribution in [0.4, 0.5) is 10.5 Å². The third-order valence-electron chi connectivity index (χ3n) is 4.23. The number of aromatic nitrogens is 3. The molecule has 2 amide bonds. The van der Waals surface area contributed by atoms with Crippen molar-refractivity contribution in [2.45, 2.75) is 20.3 Å². The van der Waals surface area contributed by atoms with E-state index in [2.05, 4.69) is 25.2 Å². The van der Waals surface area contributed by atoms with Crippen LogP contribution in [0.1, 0.15) is 17.2 Å². The number of hydrogen-bond donors (Lipinski definition) is 1. The van der Waals surface area contributed by atoms with E-state index in [1.54, 1.807) is 6.20 Å². The van der Waals surface area contributed by atoms with Crippen molar-refractivity contribution in [3.63, 3.8) is 0 Å². The maximum atomic E-state index is 12.3. The van der Waals surface area contributed by atoms with E-state index in [0.29, 0.717) is 26.1 Å². The molecule has 0 aliphatic carbocycles. The first-order chi connectivity index (χ1) is 12.1. The predicted octanol–water partition coefficient (Wildman–Crippen LogP) is 1.56. The molecule has 0 saturated carbocycles. The number of piperazine rings is 1. The molecule has 132 valence electrons. The summed E-state index contributed by atoms with van der Waals surface area (Å²) in [5.41, 5.74) is 3.02. The van der Waals surface area contributed by atoms with Crippen LogP contribution in [0, 0.1) is 13.8 Å². The first-order valence-corrected chi connectivity index (χ1v) is 8.61. The number of amides is 2. The molecular formula is C18H24N6O. The van der Waals surface area contributed by atoms with E-state index in [0.717, 1.165) is 36.0 Å². The zero-order valence-corrected chi connectivity index (χ0v) is 14.8. The van der Waals surface area contributed by atoms with Gasteiger partial charge in [-0.15, -0.1) is 0 Å². The maximum Gasteiger partial charge on any atom is 0.317 e. The van der Waals surface area contributed by atoms with Crippen LogP contribution in [-0.2, 0) is 6.42 Å². The van der Waals surface area contributed by atoms with Crippen LogP contribution in [0.5, 0.6) is 0 Å². The van der Waals surface area contributed by atoms with Gasteiger partial charge in [0, 0.05) is 56.7 Å². The molecular weight excluding hydrogens is 316 g/mol. The van der Waals surface area contributed by atoms with E-state index < -0.39 is 0 Å². The quantitative estimate of drug-likeness (QED) is 0.914. The number of hydrogen-bond acceptors (Lipinski definition) is 5. The summed E-state index contributed by atoms with van der Waals surface area (Å²) in [6, 6.07) is 5.91. The van der Waals surface area contributed by atoms with Gasteiger partial charge in [0.2, 0.25) is 0 Å². The Morgan fingerprint density at radius 3 is 2.52 bits per heavy atom. The van der Waals surface area contributed by atoms with Gasteiger partial charge in [-0.25, -0.2) is 14.8 Å². The number of pyridine rings is 1. The zero-order valence-electron chi connectivity index (χ0n) is 14.8. The van der Waals surface area contributed by atoms with Crippen molar-refractivity contribution in [3.8, 4) is 0 Å². The predicted molar refractivity (Wildman–Crippen MR) is 96.6 cm³/mol. The number of nitrogens with one attached hydrogen (secondary N) is 1. The van der Waals surface area contributed by atoms with E-state index in [9.17, 15) is 4.79 Å². The Labute approximate surface area is 148 Å². The number of carbonyl (C=O) groups excluding carboxylic acids is 1. The molecule has 2 aromatic rings. The number of anilines is 1. The fraction of sp³-hybridized carbons (Fsp3) is 0.444. The van der Waals surface area contributed by atoms with E-state index in [-0.39, 0.29) is 6.03 Å². The topological polar surface area (TPSA) is 74.2 Å². The van der Waals surface area contributed by atoms with Crippen molar-refractivity contribution in [1.82, 2.24) is 25.2 Å². The minimum Gasteiger partial charge on any atom is -0.367 e. The first-order valence-electron chi connectivity index (χ1n) is 8.61. The van der Waals surface area contributed by atoms with Crippen molar-refractivity contribution in [2.24, 2.45) is 0 Å². The lowest BCUT2D eigenvalue weighted by Gasteiger charge is -2.35. The maximum absolute atomic E-state index is 12.3. The van der Waals surface area contributed by atoms with Gasteiger partial charge < -0.3 is 15.1 Å². The minimum absolute atomic E-state index is 0.0183. The zero-order chi connectivity index (χ0) is 17.6. The fourth-order valence-corrected chi connectivity index (χ4v) is 3.01. The lowest BCUT2D eigenvalue weighted by molar-refractivity contribution is 0.194. The van der Waals surface area contributed by atoms with Crippen LogP contribution in [0.15, 0.2) is 30.6 Å². The molecule has 1 fully saturated rings. The van der Waals surface area contributed by atoms with Gasteiger partial charge in [0.25, 0.3) is 0 Å². The van der Waals surface area contributed by atoms with Crippen molar-refractivity contribution in [3.05, 3.63) is 47.8 Å². The molecule has 0 bridgehead atoms. The summed E-state index contributed by atoms with van der Waals surface area (Å²) < 4.78 is 0. The average molecular weight is 340 g/mol. The van der Waals surface area contributed by atoms with Gasteiger partial charge >= 0.3 is 6.03 Å². The van der Waals surface area contributed by atoms with Crippen LogP contribution in [0.2, 0.25) is 0 Å². The standard InChI is InChI=1S/C18H24N6O/c1-14-12-15(2)22-17(21-14)5-7-20-18(25)24-10-8-23(9-11-24)16-4-3-6-19-13-16/h3-4,6,12-13H,5,7-11H2,1-2H3,(H,20,25). The third-order valence-corrected chi connectivity index (χ3v) is 4.23. The fourth-order valence-electron chi connectivity index (χ4n) is 3.01. The van der Waals surface area contributed by atoms with Crippen LogP contribution in [0.3, 0.4) is 0 Å². The van der Waals surface area contributed by atoms with Gasteiger partial charge in [0.05, 0.1) is 11.9 Å². The second-order valence-electron chi connectivity index (χ2n) is 6.23. The molecule has 0 aromatic carbocycles. The molecule has 1 saturated heterocycles. The van der Waals surface area contributed by atoms with Gasteiger partial charge in [-0.1, -0.05) is 0 Å². The highest BCUT2D eigenvalue weighted by Gasteiger charge is 2.21. The first kappa shape index (κ1) is 17.1. The van der Waals surface area contributed by atoms with Crippen molar-refractivity contribution >= 4 is 11.7 Å². The van der Waals surface area contributed by atoms with Gasteiger partial charge in [0.15, 0.2) is 0 Å². The normalized spacial score (nSPS) is 14.5. The molecule has 0 unspecified atom stereocenters. The molecule has 0 spiro atoms. The van der Waals surface area contributed by atoms with Crippen LogP contribution < -0.4 is 10.2 Å². The summed E-state index contributed by atoms with van der Waals surface area (Å²) in [4.78, 5) is 29.4. The van der Waals surface area contributed by atoms with Crippen molar-refractivity contribution < 1.29 is 4.79 Å². The van der Waals surface area contributed by atoms with E-state index in [1.807, 2.05) is 43.1 Å². The molecule has 0 radical (unpaired) electrons. The lowest BCUT2D eigenvalue weighted by Crippen LogP contribution is -2.52. The average Bonchev–Trinajstić information content (AvgIpc) is 2.62. The Morgan fingerprint density at radius 1 is 1.16 bits per heavy atom. The summed E-state index contributed by atoms with van der Waals surface area (Å²) >= 11 is 0. The molecule has 1 aliphatic rings. The molecule has 3 rings (SSSR count). The number of aryl methyl sites for hydroxylation is 2. The number of urea groups is 1. The second-order valence-corrected chi connectivity index (χ2v) is 6.23.